The van der Waals surface area contributed by atoms with E-state index in [-0.39, 0.29) is 0 Å². The SMILES string of the molecule is CCNC(=NCc1ccc(Cl)cc1)NCCN1CCN(C(=O)C2CCC2)CC1. The summed E-state index contributed by atoms with van der Waals surface area (Å²) in [7, 11) is 0. The lowest BCUT2D eigenvalue weighted by atomic mass is 9.84. The minimum absolute atomic E-state index is 0.313. The second kappa shape index (κ2) is 10.7. The van der Waals surface area contributed by atoms with Crippen molar-refractivity contribution in [3.8, 4) is 0 Å². The van der Waals surface area contributed by atoms with Gasteiger partial charge in [-0.05, 0) is 37.5 Å². The molecule has 0 aromatic heterocycles. The van der Waals surface area contributed by atoms with E-state index in [0.29, 0.717) is 18.4 Å². The van der Waals surface area contributed by atoms with Gasteiger partial charge >= 0.3 is 0 Å². The van der Waals surface area contributed by atoms with Crippen LogP contribution in [0.1, 0.15) is 31.7 Å². The molecule has 154 valence electrons. The molecule has 1 amide bonds. The number of nitrogens with one attached hydrogen (secondary N) is 2. The summed E-state index contributed by atoms with van der Waals surface area (Å²) in [6.45, 7) is 8.94. The number of piperazine rings is 1. The fourth-order valence-electron chi connectivity index (χ4n) is 3.54. The molecule has 1 aliphatic heterocycles. The third-order valence-electron chi connectivity index (χ3n) is 5.54. The second-order valence-corrected chi connectivity index (χ2v) is 7.98. The van der Waals surface area contributed by atoms with E-state index in [4.69, 9.17) is 11.6 Å². The summed E-state index contributed by atoms with van der Waals surface area (Å²) in [4.78, 5) is 21.5. The van der Waals surface area contributed by atoms with Crippen LogP contribution in [0.25, 0.3) is 0 Å². The number of hydrogen-bond donors (Lipinski definition) is 2. The number of halogens is 1. The molecule has 6 nitrogen and oxygen atoms in total. The topological polar surface area (TPSA) is 60.0 Å². The standard InChI is InChI=1S/C21H32ClN5O/c1-2-23-21(25-16-17-6-8-19(22)9-7-17)24-10-11-26-12-14-27(15-13-26)20(28)18-4-3-5-18/h6-9,18H,2-5,10-16H2,1H3,(H2,23,24,25). The van der Waals surface area contributed by atoms with Crippen LogP contribution >= 0.6 is 11.6 Å². The van der Waals surface area contributed by atoms with Crippen molar-refractivity contribution >= 4 is 23.5 Å². The molecule has 1 heterocycles. The van der Waals surface area contributed by atoms with Crippen molar-refractivity contribution in [3.05, 3.63) is 34.9 Å². The highest BCUT2D eigenvalue weighted by Gasteiger charge is 2.30. The highest BCUT2D eigenvalue weighted by atomic mass is 35.5. The summed E-state index contributed by atoms with van der Waals surface area (Å²) < 4.78 is 0. The predicted molar refractivity (Wildman–Crippen MR) is 115 cm³/mol. The average molecular weight is 406 g/mol. The van der Waals surface area contributed by atoms with Crippen molar-refractivity contribution in [2.45, 2.75) is 32.7 Å². The normalized spacial score (nSPS) is 18.6. The molecule has 0 unspecified atom stereocenters. The molecule has 28 heavy (non-hydrogen) atoms. The summed E-state index contributed by atoms with van der Waals surface area (Å²) in [5, 5.41) is 7.44. The first-order chi connectivity index (χ1) is 13.7. The minimum Gasteiger partial charge on any atom is -0.357 e. The van der Waals surface area contributed by atoms with Crippen LogP contribution in [-0.2, 0) is 11.3 Å². The number of rotatable bonds is 7. The molecule has 0 radical (unpaired) electrons. The Morgan fingerprint density at radius 1 is 1.14 bits per heavy atom. The second-order valence-electron chi connectivity index (χ2n) is 7.54. The van der Waals surface area contributed by atoms with Crippen molar-refractivity contribution in [2.75, 3.05) is 45.8 Å². The first-order valence-electron chi connectivity index (χ1n) is 10.4. The maximum Gasteiger partial charge on any atom is 0.225 e. The van der Waals surface area contributed by atoms with Gasteiger partial charge in [-0.2, -0.15) is 0 Å². The lowest BCUT2D eigenvalue weighted by Crippen LogP contribution is -2.52. The summed E-state index contributed by atoms with van der Waals surface area (Å²) in [6, 6.07) is 7.78. The number of amides is 1. The zero-order valence-electron chi connectivity index (χ0n) is 16.8. The van der Waals surface area contributed by atoms with Crippen LogP contribution < -0.4 is 10.6 Å². The smallest absolute Gasteiger partial charge is 0.225 e. The molecule has 0 bridgehead atoms. The van der Waals surface area contributed by atoms with Crippen LogP contribution in [0.2, 0.25) is 5.02 Å². The Morgan fingerprint density at radius 3 is 2.46 bits per heavy atom. The number of aliphatic imine (C=N–C) groups is 1. The molecule has 1 aromatic rings. The zero-order chi connectivity index (χ0) is 19.8. The maximum absolute atomic E-state index is 12.3. The highest BCUT2D eigenvalue weighted by molar-refractivity contribution is 6.30. The van der Waals surface area contributed by atoms with E-state index >= 15 is 0 Å². The predicted octanol–water partition coefficient (Wildman–Crippen LogP) is 2.34. The maximum atomic E-state index is 12.3. The Balaban J connectivity index is 1.38. The summed E-state index contributed by atoms with van der Waals surface area (Å²) in [5.74, 6) is 1.52. The molecule has 2 aliphatic rings. The summed E-state index contributed by atoms with van der Waals surface area (Å²) in [6.07, 6.45) is 3.40. The van der Waals surface area contributed by atoms with E-state index in [1.807, 2.05) is 24.3 Å². The van der Waals surface area contributed by atoms with Crippen molar-refractivity contribution in [3.63, 3.8) is 0 Å². The number of carbonyl (C=O) groups excluding carboxylic acids is 1. The van der Waals surface area contributed by atoms with Gasteiger partial charge in [0.2, 0.25) is 5.91 Å². The molecule has 7 heteroatoms. The van der Waals surface area contributed by atoms with Crippen molar-refractivity contribution in [2.24, 2.45) is 10.9 Å². The molecular formula is C21H32ClN5O. The Labute approximate surface area is 173 Å². The van der Waals surface area contributed by atoms with Crippen LogP contribution in [0, 0.1) is 5.92 Å². The van der Waals surface area contributed by atoms with Gasteiger partial charge in [-0.3, -0.25) is 9.69 Å². The van der Waals surface area contributed by atoms with Crippen LogP contribution in [0.5, 0.6) is 0 Å². The molecular weight excluding hydrogens is 374 g/mol. The van der Waals surface area contributed by atoms with Gasteiger partial charge in [0.05, 0.1) is 6.54 Å². The van der Waals surface area contributed by atoms with Crippen LogP contribution in [0.15, 0.2) is 29.3 Å². The Bertz CT molecular complexity index is 651. The first kappa shape index (κ1) is 20.9. The molecule has 0 atom stereocenters. The molecule has 1 aliphatic carbocycles. The van der Waals surface area contributed by atoms with E-state index in [1.165, 1.54) is 6.42 Å². The summed E-state index contributed by atoms with van der Waals surface area (Å²) in [5.41, 5.74) is 1.13. The number of carbonyl (C=O) groups is 1. The molecule has 3 rings (SSSR count). The fraction of sp³-hybridized carbons (Fsp3) is 0.619. The number of guanidine groups is 1. The largest absolute Gasteiger partial charge is 0.357 e. The van der Waals surface area contributed by atoms with E-state index < -0.39 is 0 Å². The number of benzene rings is 1. The molecule has 1 saturated carbocycles. The van der Waals surface area contributed by atoms with Gasteiger partial charge in [-0.25, -0.2) is 4.99 Å². The van der Waals surface area contributed by atoms with Crippen LogP contribution in [0.4, 0.5) is 0 Å². The third kappa shape index (κ3) is 6.11. The Kier molecular flexibility index (Phi) is 7.98. The lowest BCUT2D eigenvalue weighted by molar-refractivity contribution is -0.139. The van der Waals surface area contributed by atoms with Gasteiger partial charge in [0, 0.05) is 56.8 Å². The van der Waals surface area contributed by atoms with E-state index in [0.717, 1.165) is 75.2 Å². The molecule has 1 saturated heterocycles. The van der Waals surface area contributed by atoms with Gasteiger partial charge in [-0.1, -0.05) is 30.2 Å². The van der Waals surface area contributed by atoms with Gasteiger partial charge in [0.1, 0.15) is 0 Å². The van der Waals surface area contributed by atoms with E-state index in [9.17, 15) is 4.79 Å². The molecule has 1 aromatic carbocycles. The molecule has 0 spiro atoms. The third-order valence-corrected chi connectivity index (χ3v) is 5.79. The van der Waals surface area contributed by atoms with Gasteiger partial charge in [0.25, 0.3) is 0 Å². The van der Waals surface area contributed by atoms with Gasteiger partial charge in [-0.15, -0.1) is 0 Å². The quantitative estimate of drug-likeness (QED) is 0.540. The average Bonchev–Trinajstić information content (AvgIpc) is 2.66. The van der Waals surface area contributed by atoms with Gasteiger partial charge in [0.15, 0.2) is 5.96 Å². The van der Waals surface area contributed by atoms with E-state index in [1.54, 1.807) is 0 Å². The molecule has 2 fully saturated rings. The summed E-state index contributed by atoms with van der Waals surface area (Å²) >= 11 is 5.93. The Hall–Kier alpha value is -1.79. The highest BCUT2D eigenvalue weighted by Crippen LogP contribution is 2.28. The fourth-order valence-corrected chi connectivity index (χ4v) is 3.67. The minimum atomic E-state index is 0.313. The van der Waals surface area contributed by atoms with Crippen molar-refractivity contribution in [1.82, 2.24) is 20.4 Å². The first-order valence-corrected chi connectivity index (χ1v) is 10.8. The van der Waals surface area contributed by atoms with Crippen molar-refractivity contribution < 1.29 is 4.79 Å². The van der Waals surface area contributed by atoms with E-state index in [2.05, 4.69) is 32.3 Å². The zero-order valence-corrected chi connectivity index (χ0v) is 17.5. The van der Waals surface area contributed by atoms with Gasteiger partial charge < -0.3 is 15.5 Å². The monoisotopic (exact) mass is 405 g/mol. The number of hydrogen-bond acceptors (Lipinski definition) is 3. The number of nitrogens with zero attached hydrogens (tertiary/aromatic N) is 3. The molecule has 2 N–H and O–H groups in total. The Morgan fingerprint density at radius 2 is 1.86 bits per heavy atom. The lowest BCUT2D eigenvalue weighted by Gasteiger charge is -2.38. The van der Waals surface area contributed by atoms with Crippen LogP contribution in [-0.4, -0.2) is 67.5 Å². The van der Waals surface area contributed by atoms with Crippen LogP contribution in [0.3, 0.4) is 0 Å². The van der Waals surface area contributed by atoms with Crippen molar-refractivity contribution in [1.29, 1.82) is 0 Å².